The van der Waals surface area contributed by atoms with E-state index >= 15 is 0 Å². The van der Waals surface area contributed by atoms with E-state index in [1.165, 1.54) is 4.90 Å². The molecule has 7 heteroatoms. The van der Waals surface area contributed by atoms with Crippen molar-refractivity contribution in [1.82, 2.24) is 4.90 Å². The lowest BCUT2D eigenvalue weighted by Crippen LogP contribution is -2.45. The van der Waals surface area contributed by atoms with Gasteiger partial charge in [-0.05, 0) is 71.7 Å². The van der Waals surface area contributed by atoms with Gasteiger partial charge in [0, 0.05) is 18.6 Å². The molecule has 0 saturated carbocycles. The Morgan fingerprint density at radius 1 is 0.912 bits per heavy atom. The van der Waals surface area contributed by atoms with Crippen molar-refractivity contribution in [3.8, 4) is 16.9 Å². The van der Waals surface area contributed by atoms with Gasteiger partial charge >= 0.3 is 12.1 Å². The van der Waals surface area contributed by atoms with Crippen LogP contribution in [-0.4, -0.2) is 46.9 Å². The summed E-state index contributed by atoms with van der Waals surface area (Å²) in [5, 5.41) is 0. The molecule has 1 aromatic heterocycles. The van der Waals surface area contributed by atoms with Crippen LogP contribution in [0.15, 0.2) is 48.8 Å². The van der Waals surface area contributed by atoms with Gasteiger partial charge in [0.1, 0.15) is 35.6 Å². The minimum atomic E-state index is -0.757. The number of hydrogen-bond acceptors (Lipinski definition) is 5. The Kier molecular flexibility index (Phi) is 7.54. The van der Waals surface area contributed by atoms with E-state index < -0.39 is 29.3 Å². The van der Waals surface area contributed by atoms with Gasteiger partial charge in [-0.25, -0.2) is 14.2 Å². The molecule has 1 aromatic carbocycles. The molecule has 3 rings (SSSR count). The molecule has 1 fully saturated rings. The standard InChI is InChI=1S/C27H37N2O5/c1-8-28-15-13-20(14-16-28)19-9-11-21(12-10-19)32-22-17-23(24(30)33-26(2,3)4)29(18-22)25(31)34-27(5,6)7/h9-16,22-23H,8,17-18H2,1-7H3/q+1/t22-,23-/m0/s1. The smallest absolute Gasteiger partial charge is 0.411 e. The molecule has 0 radical (unpaired) electrons. The number of rotatable bonds is 5. The van der Waals surface area contributed by atoms with Crippen LogP contribution in [0.4, 0.5) is 4.79 Å². The number of amides is 1. The van der Waals surface area contributed by atoms with Crippen molar-refractivity contribution in [2.24, 2.45) is 0 Å². The second-order valence-electron chi connectivity index (χ2n) is 10.6. The summed E-state index contributed by atoms with van der Waals surface area (Å²) in [4.78, 5) is 27.1. The fourth-order valence-corrected chi connectivity index (χ4v) is 3.78. The average Bonchev–Trinajstić information content (AvgIpc) is 3.16. The highest BCUT2D eigenvalue weighted by Crippen LogP contribution is 2.28. The number of carbonyl (C=O) groups is 2. The largest absolute Gasteiger partial charge is 0.488 e. The molecule has 0 N–H and O–H groups in total. The minimum Gasteiger partial charge on any atom is -0.488 e. The van der Waals surface area contributed by atoms with E-state index in [0.717, 1.165) is 17.7 Å². The molecule has 34 heavy (non-hydrogen) atoms. The molecule has 7 nitrogen and oxygen atoms in total. The van der Waals surface area contributed by atoms with Gasteiger partial charge in [-0.1, -0.05) is 12.1 Å². The zero-order valence-corrected chi connectivity index (χ0v) is 21.3. The molecule has 1 aliphatic rings. The maximum absolute atomic E-state index is 12.9. The van der Waals surface area contributed by atoms with E-state index in [0.29, 0.717) is 12.2 Å². The van der Waals surface area contributed by atoms with Crippen LogP contribution in [-0.2, 0) is 20.8 Å². The number of esters is 1. The molecule has 2 aromatic rings. The molecule has 0 unspecified atom stereocenters. The third-order valence-corrected chi connectivity index (χ3v) is 5.32. The molecular weight excluding hydrogens is 432 g/mol. The summed E-state index contributed by atoms with van der Waals surface area (Å²) in [6.07, 6.45) is 3.56. The molecule has 1 aliphatic heterocycles. The van der Waals surface area contributed by atoms with Crippen molar-refractivity contribution in [3.63, 3.8) is 0 Å². The minimum absolute atomic E-state index is 0.246. The Labute approximate surface area is 202 Å². The molecule has 0 bridgehead atoms. The van der Waals surface area contributed by atoms with Crippen LogP contribution in [0.1, 0.15) is 54.9 Å². The second kappa shape index (κ2) is 10.0. The van der Waals surface area contributed by atoms with Crippen molar-refractivity contribution in [1.29, 1.82) is 0 Å². The topological polar surface area (TPSA) is 69.0 Å². The summed E-state index contributed by atoms with van der Waals surface area (Å²) < 4.78 is 19.4. The number of carbonyl (C=O) groups excluding carboxylic acids is 2. The van der Waals surface area contributed by atoms with Crippen molar-refractivity contribution in [2.45, 2.75) is 84.8 Å². The maximum atomic E-state index is 12.9. The Bertz CT molecular complexity index is 952. The molecule has 184 valence electrons. The van der Waals surface area contributed by atoms with E-state index in [2.05, 4.69) is 36.0 Å². The summed E-state index contributed by atoms with van der Waals surface area (Å²) in [6.45, 7) is 14.1. The second-order valence-corrected chi connectivity index (χ2v) is 10.6. The highest BCUT2D eigenvalue weighted by Gasteiger charge is 2.44. The van der Waals surface area contributed by atoms with Crippen LogP contribution in [0.5, 0.6) is 5.75 Å². The van der Waals surface area contributed by atoms with Gasteiger partial charge in [-0.2, -0.15) is 0 Å². The Balaban J connectivity index is 1.72. The summed E-state index contributed by atoms with van der Waals surface area (Å²) >= 11 is 0. The van der Waals surface area contributed by atoms with E-state index in [1.54, 1.807) is 20.8 Å². The third kappa shape index (κ3) is 6.95. The molecule has 2 atom stereocenters. The third-order valence-electron chi connectivity index (χ3n) is 5.32. The van der Waals surface area contributed by atoms with Gasteiger partial charge in [0.25, 0.3) is 0 Å². The fraction of sp³-hybridized carbons (Fsp3) is 0.519. The molecule has 1 amide bonds. The predicted molar refractivity (Wildman–Crippen MR) is 129 cm³/mol. The van der Waals surface area contributed by atoms with Crippen LogP contribution < -0.4 is 9.30 Å². The van der Waals surface area contributed by atoms with Gasteiger partial charge < -0.3 is 14.2 Å². The molecule has 1 saturated heterocycles. The SMILES string of the molecule is CC[n+]1ccc(-c2ccc(O[C@H]3C[C@@H](C(=O)OC(C)(C)C)N(C(=O)OC(C)(C)C)C3)cc2)cc1. The number of pyridine rings is 1. The number of ether oxygens (including phenoxy) is 3. The van der Waals surface area contributed by atoms with Crippen LogP contribution >= 0.6 is 0 Å². The first kappa shape index (κ1) is 25.5. The Morgan fingerprint density at radius 2 is 1.47 bits per heavy atom. The lowest BCUT2D eigenvalue weighted by Gasteiger charge is -2.29. The Morgan fingerprint density at radius 3 is 2.00 bits per heavy atom. The Hall–Kier alpha value is -3.09. The quantitative estimate of drug-likeness (QED) is 0.467. The van der Waals surface area contributed by atoms with Gasteiger partial charge in [0.05, 0.1) is 6.54 Å². The first-order valence-corrected chi connectivity index (χ1v) is 11.8. The van der Waals surface area contributed by atoms with Gasteiger partial charge in [-0.3, -0.25) is 4.90 Å². The van der Waals surface area contributed by atoms with E-state index in [9.17, 15) is 9.59 Å². The van der Waals surface area contributed by atoms with E-state index in [4.69, 9.17) is 14.2 Å². The van der Waals surface area contributed by atoms with Crippen molar-refractivity contribution >= 4 is 12.1 Å². The lowest BCUT2D eigenvalue weighted by atomic mass is 10.1. The number of hydrogen-bond donors (Lipinski definition) is 0. The van der Waals surface area contributed by atoms with Gasteiger partial charge in [-0.15, -0.1) is 0 Å². The lowest BCUT2D eigenvalue weighted by molar-refractivity contribution is -0.693. The first-order chi connectivity index (χ1) is 15.8. The number of aromatic nitrogens is 1. The predicted octanol–water partition coefficient (Wildman–Crippen LogP) is 4.76. The summed E-state index contributed by atoms with van der Waals surface area (Å²) in [6, 6.07) is 11.2. The number of nitrogens with zero attached hydrogens (tertiary/aromatic N) is 2. The van der Waals surface area contributed by atoms with Gasteiger partial charge in [0.2, 0.25) is 0 Å². The van der Waals surface area contributed by atoms with E-state index in [-0.39, 0.29) is 12.6 Å². The number of aryl methyl sites for hydroxylation is 1. The van der Waals surface area contributed by atoms with E-state index in [1.807, 2.05) is 45.0 Å². The van der Waals surface area contributed by atoms with Crippen LogP contribution in [0, 0.1) is 0 Å². The summed E-state index contributed by atoms with van der Waals surface area (Å²) in [7, 11) is 0. The summed E-state index contributed by atoms with van der Waals surface area (Å²) in [5.41, 5.74) is 0.888. The average molecular weight is 470 g/mol. The zero-order valence-electron chi connectivity index (χ0n) is 21.3. The fourth-order valence-electron chi connectivity index (χ4n) is 3.78. The van der Waals surface area contributed by atoms with Crippen LogP contribution in [0.3, 0.4) is 0 Å². The summed E-state index contributed by atoms with van der Waals surface area (Å²) in [5.74, 6) is 0.232. The first-order valence-electron chi connectivity index (χ1n) is 11.8. The monoisotopic (exact) mass is 469 g/mol. The van der Waals surface area contributed by atoms with Crippen LogP contribution in [0.2, 0.25) is 0 Å². The molecular formula is C27H37N2O5+. The van der Waals surface area contributed by atoms with Crippen molar-refractivity contribution < 1.29 is 28.4 Å². The van der Waals surface area contributed by atoms with Crippen molar-refractivity contribution in [3.05, 3.63) is 48.8 Å². The number of benzene rings is 1. The zero-order chi connectivity index (χ0) is 25.1. The molecule has 0 aliphatic carbocycles. The number of likely N-dealkylation sites (tertiary alicyclic amines) is 1. The van der Waals surface area contributed by atoms with Crippen molar-refractivity contribution in [2.75, 3.05) is 6.54 Å². The normalized spacial score (nSPS) is 18.5. The van der Waals surface area contributed by atoms with Crippen LogP contribution in [0.25, 0.3) is 11.1 Å². The van der Waals surface area contributed by atoms with Gasteiger partial charge in [0.15, 0.2) is 12.4 Å². The maximum Gasteiger partial charge on any atom is 0.411 e. The molecule has 2 heterocycles. The highest BCUT2D eigenvalue weighted by molar-refractivity contribution is 5.82. The highest BCUT2D eigenvalue weighted by atomic mass is 16.6. The molecule has 0 spiro atoms.